The number of likely N-dealkylation sites (tertiary alicyclic amines) is 1. The van der Waals surface area contributed by atoms with Crippen LogP contribution in [0.15, 0.2) is 91.4 Å². The van der Waals surface area contributed by atoms with E-state index in [1.165, 1.54) is 5.56 Å². The number of hydrogen-bond acceptors (Lipinski definition) is 6. The molecule has 0 spiro atoms. The zero-order valence-electron chi connectivity index (χ0n) is 22.4. The minimum absolute atomic E-state index is 0.395. The van der Waals surface area contributed by atoms with Crippen molar-refractivity contribution in [2.45, 2.75) is 32.2 Å². The van der Waals surface area contributed by atoms with Gasteiger partial charge in [-0.15, -0.1) is 0 Å². The van der Waals surface area contributed by atoms with Crippen molar-refractivity contribution in [1.82, 2.24) is 39.4 Å². The van der Waals surface area contributed by atoms with Crippen molar-refractivity contribution in [3.05, 3.63) is 108 Å². The molecule has 0 saturated carbocycles. The van der Waals surface area contributed by atoms with Crippen molar-refractivity contribution >= 4 is 5.78 Å². The van der Waals surface area contributed by atoms with Crippen molar-refractivity contribution in [3.8, 4) is 33.9 Å². The smallest absolute Gasteiger partial charge is 0.234 e. The van der Waals surface area contributed by atoms with Gasteiger partial charge in [-0.05, 0) is 56.1 Å². The molecule has 0 atom stereocenters. The number of aromatic amines is 1. The molecule has 6 aromatic rings. The summed E-state index contributed by atoms with van der Waals surface area (Å²) in [6, 6.07) is 25.2. The average Bonchev–Trinajstić information content (AvgIpc) is 3.70. The summed E-state index contributed by atoms with van der Waals surface area (Å²) in [5.41, 5.74) is 7.60. The highest BCUT2D eigenvalue weighted by Crippen LogP contribution is 2.34. The lowest BCUT2D eigenvalue weighted by molar-refractivity contribution is 0.202. The van der Waals surface area contributed by atoms with Crippen LogP contribution in [0.25, 0.3) is 39.7 Å². The molecule has 4 aromatic heterocycles. The summed E-state index contributed by atoms with van der Waals surface area (Å²) in [7, 11) is 0. The van der Waals surface area contributed by atoms with E-state index in [1.807, 2.05) is 36.7 Å². The zero-order valence-corrected chi connectivity index (χ0v) is 22.4. The molecule has 7 rings (SSSR count). The van der Waals surface area contributed by atoms with Crippen molar-refractivity contribution in [2.75, 3.05) is 13.1 Å². The van der Waals surface area contributed by atoms with E-state index in [2.05, 4.69) is 84.9 Å². The standard InChI is InChI=1S/C32H30N8/c1-22-28(24-7-3-2-4-8-24)29(35-32-34-17-20-40(22)32)25-12-10-23(11-13-25)21-39-18-14-26(15-19-39)30-36-31(38-37-30)27-9-5-6-16-33-27/h2-13,16-17,20,26H,14-15,18-19,21H2,1H3,(H,36,37,38). The minimum atomic E-state index is 0.395. The third-order valence-corrected chi connectivity index (χ3v) is 7.86. The van der Waals surface area contributed by atoms with E-state index in [9.17, 15) is 0 Å². The van der Waals surface area contributed by atoms with Crippen LogP contribution in [0.1, 0.15) is 35.8 Å². The Balaban J connectivity index is 1.06. The molecule has 1 aliphatic rings. The SMILES string of the molecule is Cc1c(-c2ccccc2)c(-c2ccc(CN3CCC(c4nc(-c5ccccn5)n[nH]4)CC3)cc2)nc2nccn12. The maximum Gasteiger partial charge on any atom is 0.234 e. The molecule has 40 heavy (non-hydrogen) atoms. The predicted molar refractivity (Wildman–Crippen MR) is 155 cm³/mol. The van der Waals surface area contributed by atoms with Crippen LogP contribution in [0.4, 0.5) is 0 Å². The van der Waals surface area contributed by atoms with Gasteiger partial charge in [-0.25, -0.2) is 15.0 Å². The van der Waals surface area contributed by atoms with Gasteiger partial charge < -0.3 is 0 Å². The van der Waals surface area contributed by atoms with Crippen molar-refractivity contribution in [2.24, 2.45) is 0 Å². The molecule has 8 heteroatoms. The minimum Gasteiger partial charge on any atom is -0.299 e. The number of imidazole rings is 1. The molecule has 1 aliphatic heterocycles. The maximum absolute atomic E-state index is 4.97. The normalized spacial score (nSPS) is 14.6. The van der Waals surface area contributed by atoms with Crippen molar-refractivity contribution < 1.29 is 0 Å². The Morgan fingerprint density at radius 3 is 2.40 bits per heavy atom. The van der Waals surface area contributed by atoms with Gasteiger partial charge in [-0.1, -0.05) is 60.7 Å². The molecule has 0 aliphatic carbocycles. The molecule has 1 N–H and O–H groups in total. The molecular formula is C32H30N8. The fourth-order valence-corrected chi connectivity index (χ4v) is 5.70. The summed E-state index contributed by atoms with van der Waals surface area (Å²) in [5, 5.41) is 7.56. The number of pyridine rings is 1. The number of aryl methyl sites for hydroxylation is 1. The van der Waals surface area contributed by atoms with E-state index in [-0.39, 0.29) is 0 Å². The van der Waals surface area contributed by atoms with Crippen LogP contribution in [0.2, 0.25) is 0 Å². The Labute approximate surface area is 232 Å². The molecule has 1 fully saturated rings. The molecule has 0 amide bonds. The van der Waals surface area contributed by atoms with E-state index in [4.69, 9.17) is 9.97 Å². The molecule has 0 bridgehead atoms. The Kier molecular flexibility index (Phi) is 6.37. The van der Waals surface area contributed by atoms with Gasteiger partial charge in [0.1, 0.15) is 11.5 Å². The van der Waals surface area contributed by atoms with Gasteiger partial charge >= 0.3 is 0 Å². The summed E-state index contributed by atoms with van der Waals surface area (Å²) < 4.78 is 2.06. The first-order valence-corrected chi connectivity index (χ1v) is 13.8. The number of hydrogen-bond donors (Lipinski definition) is 1. The second kappa shape index (κ2) is 10.5. The summed E-state index contributed by atoms with van der Waals surface area (Å²) in [6.07, 6.45) is 7.67. The van der Waals surface area contributed by atoms with Gasteiger partial charge in [0.25, 0.3) is 0 Å². The van der Waals surface area contributed by atoms with E-state index < -0.39 is 0 Å². The number of benzene rings is 2. The summed E-state index contributed by atoms with van der Waals surface area (Å²) >= 11 is 0. The number of H-pyrrole nitrogens is 1. The van der Waals surface area contributed by atoms with Crippen LogP contribution >= 0.6 is 0 Å². The summed E-state index contributed by atoms with van der Waals surface area (Å²) in [5.74, 6) is 2.76. The molecular weight excluding hydrogens is 496 g/mol. The lowest BCUT2D eigenvalue weighted by Crippen LogP contribution is -2.32. The first kappa shape index (κ1) is 24.4. The Morgan fingerprint density at radius 1 is 0.825 bits per heavy atom. The zero-order chi connectivity index (χ0) is 26.9. The number of fused-ring (bicyclic) bond motifs is 1. The van der Waals surface area contributed by atoms with E-state index >= 15 is 0 Å². The number of aromatic nitrogens is 7. The monoisotopic (exact) mass is 526 g/mol. The fraction of sp³-hybridized carbons (Fsp3) is 0.219. The molecule has 5 heterocycles. The highest BCUT2D eigenvalue weighted by Gasteiger charge is 2.24. The molecule has 1 saturated heterocycles. The van der Waals surface area contributed by atoms with Gasteiger partial charge in [0, 0.05) is 47.9 Å². The molecule has 198 valence electrons. The molecule has 0 radical (unpaired) electrons. The molecule has 2 aromatic carbocycles. The number of piperidine rings is 1. The van der Waals surface area contributed by atoms with Crippen LogP contribution in [-0.2, 0) is 6.54 Å². The maximum atomic E-state index is 4.97. The van der Waals surface area contributed by atoms with E-state index in [0.717, 1.165) is 77.9 Å². The van der Waals surface area contributed by atoms with Crippen LogP contribution in [-0.4, -0.2) is 52.5 Å². The van der Waals surface area contributed by atoms with Gasteiger partial charge in [-0.2, -0.15) is 5.10 Å². The van der Waals surface area contributed by atoms with Crippen LogP contribution in [0.3, 0.4) is 0 Å². The quantitative estimate of drug-likeness (QED) is 0.289. The van der Waals surface area contributed by atoms with Crippen LogP contribution < -0.4 is 0 Å². The van der Waals surface area contributed by atoms with E-state index in [0.29, 0.717) is 11.7 Å². The number of nitrogens with zero attached hydrogens (tertiary/aromatic N) is 7. The number of rotatable bonds is 6. The van der Waals surface area contributed by atoms with Crippen molar-refractivity contribution in [1.29, 1.82) is 0 Å². The third-order valence-electron chi connectivity index (χ3n) is 7.86. The van der Waals surface area contributed by atoms with Gasteiger partial charge in [0.15, 0.2) is 5.82 Å². The lowest BCUT2D eigenvalue weighted by Gasteiger charge is -2.31. The van der Waals surface area contributed by atoms with Gasteiger partial charge in [0.05, 0.1) is 5.69 Å². The highest BCUT2D eigenvalue weighted by atomic mass is 15.2. The van der Waals surface area contributed by atoms with E-state index in [1.54, 1.807) is 6.20 Å². The summed E-state index contributed by atoms with van der Waals surface area (Å²) in [6.45, 7) is 5.13. The molecule has 0 unspecified atom stereocenters. The topological polar surface area (TPSA) is 87.9 Å². The van der Waals surface area contributed by atoms with Crippen LogP contribution in [0.5, 0.6) is 0 Å². The van der Waals surface area contributed by atoms with Crippen LogP contribution in [0, 0.1) is 6.92 Å². The third kappa shape index (κ3) is 4.67. The lowest BCUT2D eigenvalue weighted by atomic mass is 9.95. The van der Waals surface area contributed by atoms with Gasteiger partial charge in [-0.3, -0.25) is 19.4 Å². The van der Waals surface area contributed by atoms with Crippen molar-refractivity contribution in [3.63, 3.8) is 0 Å². The highest BCUT2D eigenvalue weighted by molar-refractivity contribution is 5.83. The Morgan fingerprint density at radius 2 is 1.62 bits per heavy atom. The Hall–Kier alpha value is -4.69. The second-order valence-corrected chi connectivity index (χ2v) is 10.4. The van der Waals surface area contributed by atoms with Gasteiger partial charge in [0.2, 0.25) is 5.78 Å². The largest absolute Gasteiger partial charge is 0.299 e. The first-order valence-electron chi connectivity index (χ1n) is 13.8. The summed E-state index contributed by atoms with van der Waals surface area (Å²) in [4.78, 5) is 21.1. The predicted octanol–water partition coefficient (Wildman–Crippen LogP) is 5.93. The average molecular weight is 527 g/mol. The number of nitrogens with one attached hydrogen (secondary N) is 1. The first-order chi connectivity index (χ1) is 19.7. The Bertz CT molecular complexity index is 1730. The fourth-order valence-electron chi connectivity index (χ4n) is 5.70. The molecule has 8 nitrogen and oxygen atoms in total. The second-order valence-electron chi connectivity index (χ2n) is 10.4.